The number of ether oxygens (including phenoxy) is 4. The number of aliphatic hydroxyl groups excluding tert-OH is 1. The van der Waals surface area contributed by atoms with E-state index in [1.165, 1.54) is 0 Å². The third kappa shape index (κ3) is 7.11. The number of fused-ring (bicyclic) bond motifs is 3. The smallest absolute Gasteiger partial charge is 0.301 e. The highest BCUT2D eigenvalue weighted by atomic mass is 35.5. The summed E-state index contributed by atoms with van der Waals surface area (Å²) < 4.78 is 42.3. The zero-order chi connectivity index (χ0) is 33.8. The summed E-state index contributed by atoms with van der Waals surface area (Å²) in [5.74, 6) is 0.498. The zero-order valence-electron chi connectivity index (χ0n) is 27.8. The molecule has 15 heteroatoms. The molecule has 0 spiro atoms. The molecule has 0 bridgehead atoms. The van der Waals surface area contributed by atoms with Gasteiger partial charge in [-0.2, -0.15) is 9.35 Å². The molecule has 3 aliphatic heterocycles. The van der Waals surface area contributed by atoms with Crippen molar-refractivity contribution in [3.63, 3.8) is 0 Å². The van der Waals surface area contributed by atoms with Crippen molar-refractivity contribution in [3.05, 3.63) is 58.7 Å². The molecule has 0 amide bonds. The first-order valence-corrected chi connectivity index (χ1v) is 22.5. The maximum absolute atomic E-state index is 12.2. The van der Waals surface area contributed by atoms with Crippen molar-refractivity contribution < 1.29 is 28.3 Å². The van der Waals surface area contributed by atoms with Gasteiger partial charge in [0.05, 0.1) is 36.2 Å². The number of nitrogens with zero attached hydrogens (tertiary/aromatic N) is 6. The number of rotatable bonds is 10. The summed E-state index contributed by atoms with van der Waals surface area (Å²) in [5, 5.41) is 10.7. The van der Waals surface area contributed by atoms with Crippen molar-refractivity contribution in [2.75, 3.05) is 37.2 Å². The van der Waals surface area contributed by atoms with Crippen molar-refractivity contribution in [2.45, 2.75) is 69.9 Å². The molecule has 0 saturated carbocycles. The van der Waals surface area contributed by atoms with Gasteiger partial charge in [-0.3, -0.25) is 4.57 Å². The van der Waals surface area contributed by atoms with E-state index < -0.39 is 36.1 Å². The van der Waals surface area contributed by atoms with E-state index in [0.717, 1.165) is 35.1 Å². The van der Waals surface area contributed by atoms with E-state index >= 15 is 0 Å². The van der Waals surface area contributed by atoms with Crippen molar-refractivity contribution in [2.24, 2.45) is 4.36 Å². The third-order valence-corrected chi connectivity index (χ3v) is 11.3. The second kappa shape index (κ2) is 13.0. The van der Waals surface area contributed by atoms with Crippen LogP contribution in [0.25, 0.3) is 22.4 Å². The fourth-order valence-corrected chi connectivity index (χ4v) is 7.72. The minimum atomic E-state index is -2.29. The summed E-state index contributed by atoms with van der Waals surface area (Å²) in [5.41, 5.74) is 5.76. The molecule has 7 rings (SSSR count). The first-order chi connectivity index (χ1) is 22.8. The molecule has 3 aromatic heterocycles. The number of benzene rings is 1. The van der Waals surface area contributed by atoms with Gasteiger partial charge in [-0.25, -0.2) is 14.2 Å². The number of aromatic nitrogens is 4. The second-order valence-corrected chi connectivity index (χ2v) is 22.7. The number of pyridine rings is 2. The molecular formula is C33H41ClN6O6SSi. The lowest BCUT2D eigenvalue weighted by molar-refractivity contribution is 0.00336. The van der Waals surface area contributed by atoms with Crippen molar-refractivity contribution in [3.8, 4) is 17.3 Å². The summed E-state index contributed by atoms with van der Waals surface area (Å²) in [6.07, 6.45) is 1.31. The first kappa shape index (κ1) is 33.4. The third-order valence-electron chi connectivity index (χ3n) is 8.67. The van der Waals surface area contributed by atoms with Gasteiger partial charge in [0, 0.05) is 54.7 Å². The van der Waals surface area contributed by atoms with E-state index in [0.29, 0.717) is 46.9 Å². The van der Waals surface area contributed by atoms with Gasteiger partial charge in [0.25, 0.3) is 0 Å². The van der Waals surface area contributed by atoms with Crippen LogP contribution in [0.3, 0.4) is 0 Å². The van der Waals surface area contributed by atoms with Crippen LogP contribution in [0.2, 0.25) is 30.7 Å². The number of hydrogen-bond donors (Lipinski definition) is 1. The van der Waals surface area contributed by atoms with Crippen LogP contribution in [-0.2, 0) is 43.8 Å². The zero-order valence-corrected chi connectivity index (χ0v) is 30.3. The predicted molar refractivity (Wildman–Crippen MR) is 188 cm³/mol. The molecule has 48 heavy (non-hydrogen) atoms. The van der Waals surface area contributed by atoms with Crippen LogP contribution in [-0.4, -0.2) is 93.7 Å². The van der Waals surface area contributed by atoms with Crippen LogP contribution in [0.15, 0.2) is 46.8 Å². The molecule has 6 heterocycles. The lowest BCUT2D eigenvalue weighted by atomic mass is 10.1. The van der Waals surface area contributed by atoms with Crippen LogP contribution < -0.4 is 9.64 Å². The monoisotopic (exact) mass is 712 g/mol. The number of imidazole rings is 1. The predicted octanol–water partition coefficient (Wildman–Crippen LogP) is 5.24. The summed E-state index contributed by atoms with van der Waals surface area (Å²) in [6.45, 7) is 9.62. The highest BCUT2D eigenvalue weighted by Crippen LogP contribution is 2.36. The fourth-order valence-electron chi connectivity index (χ4n) is 6.16. The normalized spacial score (nSPS) is 22.4. The Kier molecular flexibility index (Phi) is 9.02. The Morgan fingerprint density at radius 2 is 1.81 bits per heavy atom. The highest BCUT2D eigenvalue weighted by Gasteiger charge is 2.49. The summed E-state index contributed by atoms with van der Waals surface area (Å²) in [6, 6.07) is 15.1. The molecule has 0 aliphatic carbocycles. The highest BCUT2D eigenvalue weighted by molar-refractivity contribution is 7.92. The Hall–Kier alpha value is -3.11. The lowest BCUT2D eigenvalue weighted by Crippen LogP contribution is -2.35. The molecular weight excluding hydrogens is 672 g/mol. The van der Waals surface area contributed by atoms with E-state index in [1.807, 2.05) is 28.8 Å². The summed E-state index contributed by atoms with van der Waals surface area (Å²) in [4.78, 5) is 16.6. The van der Waals surface area contributed by atoms with E-state index in [9.17, 15) is 9.32 Å². The molecule has 2 fully saturated rings. The van der Waals surface area contributed by atoms with Gasteiger partial charge in [0.15, 0.2) is 17.6 Å². The minimum absolute atomic E-state index is 0.209. The van der Waals surface area contributed by atoms with Gasteiger partial charge in [-0.15, -0.1) is 0 Å². The van der Waals surface area contributed by atoms with Crippen LogP contribution in [0.1, 0.15) is 11.3 Å². The molecule has 256 valence electrons. The summed E-state index contributed by atoms with van der Waals surface area (Å²) >= 11 is 6.83. The Morgan fingerprint density at radius 1 is 1.04 bits per heavy atom. The second-order valence-electron chi connectivity index (χ2n) is 14.1. The van der Waals surface area contributed by atoms with Crippen molar-refractivity contribution in [1.29, 1.82) is 0 Å². The van der Waals surface area contributed by atoms with Gasteiger partial charge >= 0.3 is 6.01 Å². The van der Waals surface area contributed by atoms with E-state index in [1.54, 1.807) is 18.6 Å². The maximum atomic E-state index is 12.2. The van der Waals surface area contributed by atoms with Gasteiger partial charge in [0.1, 0.15) is 30.6 Å². The molecule has 4 atom stereocenters. The Bertz CT molecular complexity index is 1950. The average Bonchev–Trinajstić information content (AvgIpc) is 3.78. The number of aliphatic hydroxyl groups is 1. The summed E-state index contributed by atoms with van der Waals surface area (Å²) in [7, 11) is -3.58. The fraction of sp³-hybridized carbons (Fsp3) is 0.485. The lowest BCUT2D eigenvalue weighted by Gasteiger charge is -2.19. The van der Waals surface area contributed by atoms with E-state index in [-0.39, 0.29) is 26.0 Å². The standard InChI is InChI=1S/C33H41ClN6O6SSi/c1-47(2,42)38-28-11-8-21-15-39(16-25(21)35-28)22-9-6-20(7-10-22)29-23(34)14-24-32(37-29)40(19-43-12-13-48(3,4)5)33(36-24)46-27-18-45-30-26(41)17-44-31(27)30/h6-11,14,26-27,30-31,41H,12-13,15-19H2,1-5H3/t26-,27-,30-,31-/m1/s1. The van der Waals surface area contributed by atoms with Crippen LogP contribution >= 0.6 is 11.6 Å². The van der Waals surface area contributed by atoms with Crippen molar-refractivity contribution >= 4 is 52.1 Å². The van der Waals surface area contributed by atoms with Crippen molar-refractivity contribution in [1.82, 2.24) is 19.5 Å². The van der Waals surface area contributed by atoms with Crippen LogP contribution in [0.4, 0.5) is 11.5 Å². The van der Waals surface area contributed by atoms with Gasteiger partial charge in [0.2, 0.25) is 0 Å². The SMILES string of the molecule is C[Si](C)(C)CCOCn1c(O[C@@H]2CO[C@H]3[C@@H]2OC[C@H]3O)nc2cc(Cl)c(-c3ccc(N4Cc5ccc(N=S(C)(C)=O)nc5C4)cc3)nc21. The molecule has 4 aromatic rings. The quantitative estimate of drug-likeness (QED) is 0.172. The first-order valence-electron chi connectivity index (χ1n) is 16.1. The van der Waals surface area contributed by atoms with Gasteiger partial charge in [-0.05, 0) is 35.9 Å². The molecule has 1 aromatic carbocycles. The molecule has 1 N–H and O–H groups in total. The molecule has 3 aliphatic rings. The topological polar surface area (TPSA) is 133 Å². The number of anilines is 1. The Morgan fingerprint density at radius 3 is 2.56 bits per heavy atom. The number of hydrogen-bond acceptors (Lipinski definition) is 11. The van der Waals surface area contributed by atoms with Crippen LogP contribution in [0, 0.1) is 0 Å². The van der Waals surface area contributed by atoms with E-state index in [2.05, 4.69) is 46.0 Å². The van der Waals surface area contributed by atoms with Gasteiger partial charge in [-0.1, -0.05) is 49.4 Å². The Balaban J connectivity index is 1.14. The van der Waals surface area contributed by atoms with E-state index in [4.69, 9.17) is 40.5 Å². The molecule has 12 nitrogen and oxygen atoms in total. The molecule has 0 unspecified atom stereocenters. The Labute approximate surface area is 286 Å². The number of halogens is 1. The average molecular weight is 713 g/mol. The largest absolute Gasteiger partial charge is 0.456 e. The molecule has 0 radical (unpaired) electrons. The maximum Gasteiger partial charge on any atom is 0.301 e. The van der Waals surface area contributed by atoms with Gasteiger partial charge < -0.3 is 29.0 Å². The van der Waals surface area contributed by atoms with Crippen LogP contribution in [0.5, 0.6) is 6.01 Å². The molecule has 2 saturated heterocycles. The minimum Gasteiger partial charge on any atom is -0.456 e.